The van der Waals surface area contributed by atoms with Crippen LogP contribution in [0.5, 0.6) is 0 Å². The number of hydrogen-bond acceptors (Lipinski definition) is 5. The van der Waals surface area contributed by atoms with Gasteiger partial charge in [0.25, 0.3) is 0 Å². The van der Waals surface area contributed by atoms with E-state index in [0.29, 0.717) is 6.54 Å². The molecular weight excluding hydrogens is 222 g/mol. The summed E-state index contributed by atoms with van der Waals surface area (Å²) < 4.78 is 5.45. The first-order chi connectivity index (χ1) is 7.93. The molecule has 0 bridgehead atoms. The maximum absolute atomic E-state index is 5.45. The third kappa shape index (κ3) is 1.65. The van der Waals surface area contributed by atoms with Gasteiger partial charge in [-0.25, -0.2) is 0 Å². The molecule has 0 aliphatic heterocycles. The van der Waals surface area contributed by atoms with Gasteiger partial charge in [-0.3, -0.25) is 0 Å². The Balaban J connectivity index is 1.84. The van der Waals surface area contributed by atoms with Crippen molar-refractivity contribution >= 4 is 27.4 Å². The average molecular weight is 231 g/mol. The molecule has 16 heavy (non-hydrogen) atoms. The minimum atomic E-state index is 0.701. The fourth-order valence-electron chi connectivity index (χ4n) is 1.59. The van der Waals surface area contributed by atoms with E-state index in [1.165, 1.54) is 11.3 Å². The van der Waals surface area contributed by atoms with Crippen molar-refractivity contribution in [3.63, 3.8) is 0 Å². The highest BCUT2D eigenvalue weighted by molar-refractivity contribution is 7.13. The second-order valence-corrected chi connectivity index (χ2v) is 4.19. The highest BCUT2D eigenvalue weighted by atomic mass is 32.1. The van der Waals surface area contributed by atoms with Crippen molar-refractivity contribution in [2.75, 3.05) is 5.32 Å². The van der Waals surface area contributed by atoms with Crippen LogP contribution in [0, 0.1) is 0 Å². The first-order valence-electron chi connectivity index (χ1n) is 4.88. The first-order valence-corrected chi connectivity index (χ1v) is 5.76. The minimum Gasteiger partial charge on any atom is -0.464 e. The lowest BCUT2D eigenvalue weighted by molar-refractivity contribution is 0.611. The van der Waals surface area contributed by atoms with Gasteiger partial charge in [0.2, 0.25) is 5.13 Å². The molecule has 0 fully saturated rings. The normalized spacial score (nSPS) is 10.8. The summed E-state index contributed by atoms with van der Waals surface area (Å²) in [5.74, 6) is 0. The molecule has 1 aromatic carbocycles. The molecule has 0 aliphatic carbocycles. The zero-order valence-corrected chi connectivity index (χ0v) is 9.20. The number of anilines is 1. The molecule has 80 valence electrons. The lowest BCUT2D eigenvalue weighted by Gasteiger charge is -1.98. The first kappa shape index (κ1) is 9.35. The van der Waals surface area contributed by atoms with E-state index in [1.54, 1.807) is 11.8 Å². The van der Waals surface area contributed by atoms with Gasteiger partial charge in [0.15, 0.2) is 0 Å². The minimum absolute atomic E-state index is 0.701. The van der Waals surface area contributed by atoms with E-state index in [9.17, 15) is 0 Å². The molecule has 0 saturated carbocycles. The van der Waals surface area contributed by atoms with Crippen molar-refractivity contribution < 1.29 is 4.42 Å². The summed E-state index contributed by atoms with van der Waals surface area (Å²) in [6, 6.07) is 7.99. The number of furan rings is 1. The van der Waals surface area contributed by atoms with E-state index in [4.69, 9.17) is 4.42 Å². The lowest BCUT2D eigenvalue weighted by Crippen LogP contribution is -1.97. The third-order valence-electron chi connectivity index (χ3n) is 2.35. The van der Waals surface area contributed by atoms with Crippen LogP contribution < -0.4 is 5.32 Å². The average Bonchev–Trinajstić information content (AvgIpc) is 2.96. The van der Waals surface area contributed by atoms with Gasteiger partial charge < -0.3 is 9.73 Å². The van der Waals surface area contributed by atoms with Gasteiger partial charge in [0.1, 0.15) is 11.1 Å². The SMILES string of the molecule is c1ccc2c(CNc3nncs3)coc2c1. The van der Waals surface area contributed by atoms with Crippen LogP contribution >= 0.6 is 11.3 Å². The molecule has 0 aliphatic rings. The maximum Gasteiger partial charge on any atom is 0.205 e. The van der Waals surface area contributed by atoms with Gasteiger partial charge in [-0.15, -0.1) is 10.2 Å². The van der Waals surface area contributed by atoms with Crippen LogP contribution in [0.4, 0.5) is 5.13 Å². The van der Waals surface area contributed by atoms with Crippen LogP contribution in [-0.2, 0) is 6.54 Å². The standard InChI is InChI=1S/C11H9N3OS/c1-2-4-10-9(3-1)8(6-15-10)5-12-11-14-13-7-16-11/h1-4,6-7H,5H2,(H,12,14). The van der Waals surface area contributed by atoms with E-state index in [0.717, 1.165) is 21.7 Å². The number of para-hydroxylation sites is 1. The Hall–Kier alpha value is -1.88. The molecule has 0 amide bonds. The summed E-state index contributed by atoms with van der Waals surface area (Å²) in [6.07, 6.45) is 1.78. The number of fused-ring (bicyclic) bond motifs is 1. The quantitative estimate of drug-likeness (QED) is 0.753. The predicted octanol–water partition coefficient (Wildman–Crippen LogP) is 2.90. The van der Waals surface area contributed by atoms with Crippen molar-refractivity contribution in [1.82, 2.24) is 10.2 Å². The van der Waals surface area contributed by atoms with Crippen LogP contribution in [0.15, 0.2) is 40.5 Å². The molecule has 3 rings (SSSR count). The van der Waals surface area contributed by atoms with Gasteiger partial charge in [-0.2, -0.15) is 0 Å². The lowest BCUT2D eigenvalue weighted by atomic mass is 10.2. The maximum atomic E-state index is 5.45. The Morgan fingerprint density at radius 1 is 1.31 bits per heavy atom. The monoisotopic (exact) mass is 231 g/mol. The van der Waals surface area contributed by atoms with Gasteiger partial charge in [0.05, 0.1) is 6.26 Å². The summed E-state index contributed by atoms with van der Waals surface area (Å²) in [7, 11) is 0. The van der Waals surface area contributed by atoms with E-state index in [-0.39, 0.29) is 0 Å². The largest absolute Gasteiger partial charge is 0.464 e. The zero-order chi connectivity index (χ0) is 10.8. The van der Waals surface area contributed by atoms with Crippen LogP contribution in [0.2, 0.25) is 0 Å². The van der Waals surface area contributed by atoms with Crippen LogP contribution in [-0.4, -0.2) is 10.2 Å². The number of benzene rings is 1. The molecule has 0 spiro atoms. The molecule has 0 saturated heterocycles. The molecule has 0 radical (unpaired) electrons. The summed E-state index contributed by atoms with van der Waals surface area (Å²) >= 11 is 1.49. The Bertz CT molecular complexity index is 588. The van der Waals surface area contributed by atoms with Gasteiger partial charge in [-0.1, -0.05) is 29.5 Å². The molecule has 5 heteroatoms. The van der Waals surface area contributed by atoms with E-state index < -0.39 is 0 Å². The van der Waals surface area contributed by atoms with Crippen LogP contribution in [0.25, 0.3) is 11.0 Å². The van der Waals surface area contributed by atoms with Gasteiger partial charge in [0, 0.05) is 17.5 Å². The smallest absolute Gasteiger partial charge is 0.205 e. The second kappa shape index (κ2) is 3.94. The van der Waals surface area contributed by atoms with Crippen molar-refractivity contribution in [2.24, 2.45) is 0 Å². The number of nitrogens with zero attached hydrogens (tertiary/aromatic N) is 2. The van der Waals surface area contributed by atoms with Crippen LogP contribution in [0.1, 0.15) is 5.56 Å². The highest BCUT2D eigenvalue weighted by Gasteiger charge is 2.05. The fourth-order valence-corrected chi connectivity index (χ4v) is 2.03. The Kier molecular flexibility index (Phi) is 2.30. The van der Waals surface area contributed by atoms with Crippen molar-refractivity contribution in [3.8, 4) is 0 Å². The topological polar surface area (TPSA) is 51.0 Å². The molecule has 0 atom stereocenters. The van der Waals surface area contributed by atoms with E-state index >= 15 is 0 Å². The molecule has 4 nitrogen and oxygen atoms in total. The summed E-state index contributed by atoms with van der Waals surface area (Å²) in [5.41, 5.74) is 3.75. The number of hydrogen-bond donors (Lipinski definition) is 1. The van der Waals surface area contributed by atoms with E-state index in [1.807, 2.05) is 18.2 Å². The molecule has 2 aromatic heterocycles. The van der Waals surface area contributed by atoms with Crippen LogP contribution in [0.3, 0.4) is 0 Å². The van der Waals surface area contributed by atoms with Crippen molar-refractivity contribution in [3.05, 3.63) is 41.6 Å². The molecule has 1 N–H and O–H groups in total. The second-order valence-electron chi connectivity index (χ2n) is 3.35. The molecule has 2 heterocycles. The molecular formula is C11H9N3OS. The Morgan fingerprint density at radius 2 is 2.25 bits per heavy atom. The molecule has 3 aromatic rings. The van der Waals surface area contributed by atoms with Gasteiger partial charge >= 0.3 is 0 Å². The summed E-state index contributed by atoms with van der Waals surface area (Å²) in [5, 5.41) is 12.9. The summed E-state index contributed by atoms with van der Waals surface area (Å²) in [6.45, 7) is 0.701. The van der Waals surface area contributed by atoms with E-state index in [2.05, 4.69) is 21.6 Å². The third-order valence-corrected chi connectivity index (χ3v) is 3.00. The molecule has 0 unspecified atom stereocenters. The number of nitrogens with one attached hydrogen (secondary N) is 1. The summed E-state index contributed by atoms with van der Waals surface area (Å²) in [4.78, 5) is 0. The Labute approximate surface area is 95.9 Å². The number of aromatic nitrogens is 2. The van der Waals surface area contributed by atoms with Crippen molar-refractivity contribution in [2.45, 2.75) is 6.54 Å². The van der Waals surface area contributed by atoms with Crippen molar-refractivity contribution in [1.29, 1.82) is 0 Å². The fraction of sp³-hybridized carbons (Fsp3) is 0.0909. The Morgan fingerprint density at radius 3 is 3.12 bits per heavy atom. The predicted molar refractivity (Wildman–Crippen MR) is 63.4 cm³/mol. The van der Waals surface area contributed by atoms with Gasteiger partial charge in [-0.05, 0) is 6.07 Å². The number of rotatable bonds is 3. The highest BCUT2D eigenvalue weighted by Crippen LogP contribution is 2.21. The zero-order valence-electron chi connectivity index (χ0n) is 8.38.